The molecule has 0 N–H and O–H groups in total. The minimum absolute atomic E-state index is 0.0322. The Kier molecular flexibility index (Phi) is 7.05. The van der Waals surface area contributed by atoms with E-state index in [1.54, 1.807) is 11.3 Å². The van der Waals surface area contributed by atoms with Crippen molar-refractivity contribution in [3.05, 3.63) is 93.2 Å². The molecule has 0 saturated heterocycles. The summed E-state index contributed by atoms with van der Waals surface area (Å²) in [6.07, 6.45) is 1.36. The van der Waals surface area contributed by atoms with Gasteiger partial charge in [0, 0.05) is 37.4 Å². The smallest absolute Gasteiger partial charge is 0.223 e. The van der Waals surface area contributed by atoms with Gasteiger partial charge in [0.2, 0.25) is 11.8 Å². The number of thiophene rings is 1. The van der Waals surface area contributed by atoms with Crippen molar-refractivity contribution in [1.82, 2.24) is 9.80 Å². The molecule has 166 valence electrons. The minimum atomic E-state index is -0.0696. The van der Waals surface area contributed by atoms with Gasteiger partial charge in [-0.25, -0.2) is 0 Å². The topological polar surface area (TPSA) is 40.6 Å². The lowest BCUT2D eigenvalue weighted by molar-refractivity contribution is -0.138. The number of carbonyl (C=O) groups is 2. The summed E-state index contributed by atoms with van der Waals surface area (Å²) in [7, 11) is 0. The second-order valence-corrected chi connectivity index (χ2v) is 9.34. The summed E-state index contributed by atoms with van der Waals surface area (Å²) in [5, 5.41) is 2.12. The van der Waals surface area contributed by atoms with E-state index in [-0.39, 0.29) is 30.7 Å². The fraction of sp³-hybridized carbons (Fsp3) is 0.333. The number of amides is 2. The van der Waals surface area contributed by atoms with Gasteiger partial charge < -0.3 is 9.80 Å². The van der Waals surface area contributed by atoms with Gasteiger partial charge >= 0.3 is 0 Å². The van der Waals surface area contributed by atoms with Gasteiger partial charge in [-0.05, 0) is 48.4 Å². The highest BCUT2D eigenvalue weighted by Crippen LogP contribution is 2.38. The lowest BCUT2D eigenvalue weighted by Gasteiger charge is -2.36. The Labute approximate surface area is 194 Å². The number of hydrogen-bond donors (Lipinski definition) is 0. The number of nitrogens with zero attached hydrogens (tertiary/aromatic N) is 2. The maximum absolute atomic E-state index is 13.3. The van der Waals surface area contributed by atoms with Gasteiger partial charge in [-0.1, -0.05) is 60.2 Å². The second kappa shape index (κ2) is 10.1. The van der Waals surface area contributed by atoms with Crippen LogP contribution in [0.5, 0.6) is 0 Å². The lowest BCUT2D eigenvalue weighted by Crippen LogP contribution is -2.40. The number of rotatable bonds is 7. The Morgan fingerprint density at radius 3 is 2.50 bits per heavy atom. The van der Waals surface area contributed by atoms with Gasteiger partial charge in [-0.3, -0.25) is 9.59 Å². The largest absolute Gasteiger partial charge is 0.339 e. The second-order valence-electron chi connectivity index (χ2n) is 8.34. The molecule has 0 spiro atoms. The standard InChI is InChI=1S/C27H30N2O2S/c1-3-28(19-21-7-5-4-6-8-21)25(30)13-14-26(31)29-17-15-24-23(16-18-32-24)27(29)22-11-9-20(2)10-12-22/h4-12,16,18,27H,3,13-15,17,19H2,1-2H3. The van der Waals surface area contributed by atoms with E-state index in [9.17, 15) is 9.59 Å². The maximum atomic E-state index is 13.3. The third kappa shape index (κ3) is 4.94. The van der Waals surface area contributed by atoms with Crippen LogP contribution >= 0.6 is 11.3 Å². The number of fused-ring (bicyclic) bond motifs is 1. The number of hydrogen-bond acceptors (Lipinski definition) is 3. The quantitative estimate of drug-likeness (QED) is 0.490. The minimum Gasteiger partial charge on any atom is -0.339 e. The van der Waals surface area contributed by atoms with Crippen molar-refractivity contribution in [2.75, 3.05) is 13.1 Å². The Hall–Kier alpha value is -2.92. The lowest BCUT2D eigenvalue weighted by atomic mass is 9.92. The van der Waals surface area contributed by atoms with Crippen molar-refractivity contribution in [3.8, 4) is 0 Å². The summed E-state index contributed by atoms with van der Waals surface area (Å²) >= 11 is 1.77. The summed E-state index contributed by atoms with van der Waals surface area (Å²) < 4.78 is 0. The zero-order valence-corrected chi connectivity index (χ0v) is 19.6. The van der Waals surface area contributed by atoms with E-state index in [4.69, 9.17) is 0 Å². The molecule has 0 saturated carbocycles. The predicted octanol–water partition coefficient (Wildman–Crippen LogP) is 5.36. The summed E-state index contributed by atoms with van der Waals surface area (Å²) in [6, 6.07) is 20.5. The Morgan fingerprint density at radius 1 is 1.03 bits per heavy atom. The average Bonchev–Trinajstić information content (AvgIpc) is 3.30. The molecule has 4 rings (SSSR count). The van der Waals surface area contributed by atoms with Crippen LogP contribution in [0.2, 0.25) is 0 Å². The Bertz CT molecular complexity index is 1060. The fourth-order valence-electron chi connectivity index (χ4n) is 4.39. The predicted molar refractivity (Wildman–Crippen MR) is 130 cm³/mol. The van der Waals surface area contributed by atoms with Gasteiger partial charge in [-0.15, -0.1) is 11.3 Å². The SMILES string of the molecule is CCN(Cc1ccccc1)C(=O)CCC(=O)N1CCc2sccc2C1c1ccc(C)cc1. The highest BCUT2D eigenvalue weighted by atomic mass is 32.1. The molecule has 0 aliphatic carbocycles. The van der Waals surface area contributed by atoms with E-state index in [0.29, 0.717) is 19.6 Å². The van der Waals surface area contributed by atoms with Crippen LogP contribution in [0.4, 0.5) is 0 Å². The van der Waals surface area contributed by atoms with Crippen LogP contribution in [0.25, 0.3) is 0 Å². The van der Waals surface area contributed by atoms with Crippen LogP contribution in [0.3, 0.4) is 0 Å². The normalized spacial score (nSPS) is 15.3. The summed E-state index contributed by atoms with van der Waals surface area (Å²) in [5.74, 6) is 0.0846. The van der Waals surface area contributed by atoms with E-state index in [1.807, 2.05) is 47.1 Å². The third-order valence-corrected chi connectivity index (χ3v) is 7.18. The molecular formula is C27H30N2O2S. The fourth-order valence-corrected chi connectivity index (χ4v) is 5.29. The highest BCUT2D eigenvalue weighted by Gasteiger charge is 2.32. The first kappa shape index (κ1) is 22.3. The number of carbonyl (C=O) groups excluding carboxylic acids is 2. The molecule has 2 amide bonds. The summed E-state index contributed by atoms with van der Waals surface area (Å²) in [5.41, 5.74) is 4.67. The average molecular weight is 447 g/mol. The van der Waals surface area contributed by atoms with Gasteiger partial charge in [0.25, 0.3) is 0 Å². The highest BCUT2D eigenvalue weighted by molar-refractivity contribution is 7.10. The molecule has 5 heteroatoms. The van der Waals surface area contributed by atoms with Crippen molar-refractivity contribution < 1.29 is 9.59 Å². The number of benzene rings is 2. The zero-order chi connectivity index (χ0) is 22.5. The summed E-state index contributed by atoms with van der Waals surface area (Å²) in [6.45, 7) is 5.97. The zero-order valence-electron chi connectivity index (χ0n) is 18.8. The molecule has 32 heavy (non-hydrogen) atoms. The molecule has 1 aliphatic rings. The Morgan fingerprint density at radius 2 is 1.78 bits per heavy atom. The van der Waals surface area contributed by atoms with Crippen LogP contribution < -0.4 is 0 Å². The van der Waals surface area contributed by atoms with Crippen LogP contribution in [-0.4, -0.2) is 34.7 Å². The molecule has 0 fully saturated rings. The van der Waals surface area contributed by atoms with E-state index >= 15 is 0 Å². The van der Waals surface area contributed by atoms with Gasteiger partial charge in [0.05, 0.1) is 6.04 Å². The molecule has 0 bridgehead atoms. The van der Waals surface area contributed by atoms with Crippen molar-refractivity contribution in [2.24, 2.45) is 0 Å². The first-order chi connectivity index (χ1) is 15.6. The third-order valence-electron chi connectivity index (χ3n) is 6.18. The molecule has 1 aromatic heterocycles. The molecular weight excluding hydrogens is 416 g/mol. The van der Waals surface area contributed by atoms with E-state index in [1.165, 1.54) is 16.0 Å². The molecule has 4 nitrogen and oxygen atoms in total. The van der Waals surface area contributed by atoms with Gasteiger partial charge in [0.15, 0.2) is 0 Å². The monoisotopic (exact) mass is 446 g/mol. The van der Waals surface area contributed by atoms with Crippen molar-refractivity contribution in [2.45, 2.75) is 45.7 Å². The Balaban J connectivity index is 1.45. The van der Waals surface area contributed by atoms with E-state index in [0.717, 1.165) is 17.5 Å². The molecule has 1 atom stereocenters. The first-order valence-corrected chi connectivity index (χ1v) is 12.2. The summed E-state index contributed by atoms with van der Waals surface area (Å²) in [4.78, 5) is 31.3. The first-order valence-electron chi connectivity index (χ1n) is 11.3. The maximum Gasteiger partial charge on any atom is 0.223 e. The van der Waals surface area contributed by atoms with E-state index in [2.05, 4.69) is 42.6 Å². The molecule has 1 unspecified atom stereocenters. The van der Waals surface area contributed by atoms with Crippen LogP contribution in [0, 0.1) is 6.92 Å². The molecule has 3 aromatic rings. The number of aryl methyl sites for hydroxylation is 1. The molecule has 2 heterocycles. The van der Waals surface area contributed by atoms with E-state index < -0.39 is 0 Å². The molecule has 2 aromatic carbocycles. The van der Waals surface area contributed by atoms with Crippen molar-refractivity contribution in [3.63, 3.8) is 0 Å². The van der Waals surface area contributed by atoms with Crippen molar-refractivity contribution in [1.29, 1.82) is 0 Å². The van der Waals surface area contributed by atoms with Crippen molar-refractivity contribution >= 4 is 23.2 Å². The molecule has 0 radical (unpaired) electrons. The van der Waals surface area contributed by atoms with Crippen LogP contribution in [0.15, 0.2) is 66.0 Å². The van der Waals surface area contributed by atoms with Gasteiger partial charge in [0.1, 0.15) is 0 Å². The van der Waals surface area contributed by atoms with Crippen LogP contribution in [0.1, 0.15) is 52.9 Å². The molecule has 1 aliphatic heterocycles. The van der Waals surface area contributed by atoms with Crippen LogP contribution in [-0.2, 0) is 22.6 Å². The van der Waals surface area contributed by atoms with Gasteiger partial charge in [-0.2, -0.15) is 0 Å².